The molecule has 1 saturated heterocycles. The van der Waals surface area contributed by atoms with Gasteiger partial charge in [-0.25, -0.2) is 5.43 Å². The quantitative estimate of drug-likeness (QED) is 0.302. The molecule has 0 amide bonds. The van der Waals surface area contributed by atoms with E-state index in [0.717, 1.165) is 37.2 Å². The largest absolute Gasteiger partial charge is 0.378 e. The van der Waals surface area contributed by atoms with Crippen LogP contribution in [0.15, 0.2) is 53.6 Å². The van der Waals surface area contributed by atoms with Gasteiger partial charge in [0.1, 0.15) is 0 Å². The summed E-state index contributed by atoms with van der Waals surface area (Å²) >= 11 is 0. The molecule has 1 fully saturated rings. The number of nitro groups is 1. The van der Waals surface area contributed by atoms with E-state index < -0.39 is 4.92 Å². The third-order valence-electron chi connectivity index (χ3n) is 5.13. The highest BCUT2D eigenvalue weighted by Crippen LogP contribution is 2.22. The second kappa shape index (κ2) is 9.90. The molecule has 0 atom stereocenters. The van der Waals surface area contributed by atoms with Crippen molar-refractivity contribution in [2.24, 2.45) is 5.10 Å². The van der Waals surface area contributed by atoms with E-state index in [0.29, 0.717) is 23.5 Å². The lowest BCUT2D eigenvalue weighted by molar-refractivity contribution is -0.384. The summed E-state index contributed by atoms with van der Waals surface area (Å²) in [5, 5.41) is 18.2. The first-order valence-corrected chi connectivity index (χ1v) is 10.6. The van der Waals surface area contributed by atoms with E-state index in [1.165, 1.54) is 12.1 Å². The van der Waals surface area contributed by atoms with Gasteiger partial charge in [-0.1, -0.05) is 12.1 Å². The normalized spacial score (nSPS) is 13.3. The molecule has 0 unspecified atom stereocenters. The zero-order chi connectivity index (χ0) is 23.2. The molecule has 0 bridgehead atoms. The Morgan fingerprint density at radius 3 is 2.30 bits per heavy atom. The number of nitrogens with zero attached hydrogens (tertiary/aromatic N) is 7. The Hall–Kier alpha value is -4.28. The average Bonchev–Trinajstić information content (AvgIpc) is 3.35. The zero-order valence-corrected chi connectivity index (χ0v) is 18.5. The Balaban J connectivity index is 1.52. The number of hydrogen-bond acceptors (Lipinski definition) is 10. The van der Waals surface area contributed by atoms with Gasteiger partial charge in [0.25, 0.3) is 5.69 Å². The standard InChI is InChI=1S/C22H25N9O2/c1-29(2)18-9-5-16(6-10-18)15-23-28-21-25-20(26-22(27-21)30-13-3-4-14-30)24-17-7-11-19(12-8-17)31(32)33/h5-12,15H,3-4,13-14H2,1-2H3,(H2,24,25,26,27,28). The Kier molecular flexibility index (Phi) is 6.58. The van der Waals surface area contributed by atoms with Crippen LogP contribution in [0, 0.1) is 10.1 Å². The van der Waals surface area contributed by atoms with Gasteiger partial charge in [-0.05, 0) is 42.7 Å². The molecule has 170 valence electrons. The molecule has 2 heterocycles. The third-order valence-corrected chi connectivity index (χ3v) is 5.13. The highest BCUT2D eigenvalue weighted by atomic mass is 16.6. The average molecular weight is 448 g/mol. The van der Waals surface area contributed by atoms with Crippen LogP contribution in [0.25, 0.3) is 0 Å². The Bertz CT molecular complexity index is 1130. The van der Waals surface area contributed by atoms with Crippen LogP contribution in [0.5, 0.6) is 0 Å². The summed E-state index contributed by atoms with van der Waals surface area (Å²) in [5.74, 6) is 1.19. The van der Waals surface area contributed by atoms with E-state index >= 15 is 0 Å². The number of nitro benzene ring substituents is 1. The van der Waals surface area contributed by atoms with Crippen molar-refractivity contribution in [3.63, 3.8) is 0 Å². The first-order chi connectivity index (χ1) is 16.0. The van der Waals surface area contributed by atoms with Crippen LogP contribution in [-0.4, -0.2) is 53.3 Å². The van der Waals surface area contributed by atoms with Crippen molar-refractivity contribution in [2.45, 2.75) is 12.8 Å². The van der Waals surface area contributed by atoms with Crippen molar-refractivity contribution in [2.75, 3.05) is 47.7 Å². The van der Waals surface area contributed by atoms with E-state index in [9.17, 15) is 10.1 Å². The van der Waals surface area contributed by atoms with Crippen LogP contribution in [0.3, 0.4) is 0 Å². The monoisotopic (exact) mass is 447 g/mol. The molecule has 2 N–H and O–H groups in total. The van der Waals surface area contributed by atoms with Crippen molar-refractivity contribution in [1.29, 1.82) is 0 Å². The van der Waals surface area contributed by atoms with Gasteiger partial charge in [-0.15, -0.1) is 0 Å². The first-order valence-electron chi connectivity index (χ1n) is 10.6. The number of hydrogen-bond donors (Lipinski definition) is 2. The molecule has 0 radical (unpaired) electrons. The maximum absolute atomic E-state index is 10.9. The van der Waals surface area contributed by atoms with E-state index in [1.807, 2.05) is 43.3 Å². The van der Waals surface area contributed by atoms with Gasteiger partial charge in [0.15, 0.2) is 0 Å². The summed E-state index contributed by atoms with van der Waals surface area (Å²) in [5.41, 5.74) is 5.58. The van der Waals surface area contributed by atoms with Crippen LogP contribution in [0.1, 0.15) is 18.4 Å². The Labute approximate surface area is 191 Å². The lowest BCUT2D eigenvalue weighted by atomic mass is 10.2. The lowest BCUT2D eigenvalue weighted by Gasteiger charge is -2.16. The maximum Gasteiger partial charge on any atom is 0.269 e. The van der Waals surface area contributed by atoms with Crippen LogP contribution >= 0.6 is 0 Å². The fraction of sp³-hybridized carbons (Fsp3) is 0.273. The van der Waals surface area contributed by atoms with Gasteiger partial charge in [0, 0.05) is 50.7 Å². The molecule has 11 nitrogen and oxygen atoms in total. The summed E-state index contributed by atoms with van der Waals surface area (Å²) in [7, 11) is 3.98. The molecular formula is C22H25N9O2. The van der Waals surface area contributed by atoms with E-state index in [4.69, 9.17) is 0 Å². The molecule has 1 aliphatic heterocycles. The van der Waals surface area contributed by atoms with Crippen molar-refractivity contribution in [3.8, 4) is 0 Å². The second-order valence-electron chi connectivity index (χ2n) is 7.76. The molecule has 2 aromatic carbocycles. The van der Waals surface area contributed by atoms with Gasteiger partial charge in [-0.3, -0.25) is 10.1 Å². The van der Waals surface area contributed by atoms with E-state index in [1.54, 1.807) is 18.3 Å². The number of non-ortho nitro benzene ring substituents is 1. The summed E-state index contributed by atoms with van der Waals surface area (Å²) in [6.45, 7) is 1.75. The summed E-state index contributed by atoms with van der Waals surface area (Å²) in [6, 6.07) is 14.1. The number of aromatic nitrogens is 3. The maximum atomic E-state index is 10.9. The van der Waals surface area contributed by atoms with E-state index in [-0.39, 0.29) is 5.69 Å². The minimum atomic E-state index is -0.438. The van der Waals surface area contributed by atoms with Gasteiger partial charge in [0.2, 0.25) is 17.8 Å². The number of benzene rings is 2. The molecule has 0 aliphatic carbocycles. The van der Waals surface area contributed by atoms with Crippen LogP contribution in [-0.2, 0) is 0 Å². The number of hydrazone groups is 1. The predicted molar refractivity (Wildman–Crippen MR) is 130 cm³/mol. The van der Waals surface area contributed by atoms with Crippen LogP contribution < -0.4 is 20.5 Å². The van der Waals surface area contributed by atoms with Gasteiger partial charge < -0.3 is 15.1 Å². The van der Waals surface area contributed by atoms with E-state index in [2.05, 4.69) is 35.7 Å². The fourth-order valence-corrected chi connectivity index (χ4v) is 3.35. The van der Waals surface area contributed by atoms with Crippen molar-refractivity contribution in [1.82, 2.24) is 15.0 Å². The van der Waals surface area contributed by atoms with Gasteiger partial charge >= 0.3 is 0 Å². The highest BCUT2D eigenvalue weighted by Gasteiger charge is 2.17. The SMILES string of the molecule is CN(C)c1ccc(C=NNc2nc(Nc3ccc([N+](=O)[O-])cc3)nc(N3CCCC3)n2)cc1. The molecule has 1 aliphatic rings. The Morgan fingerprint density at radius 1 is 1.00 bits per heavy atom. The number of anilines is 5. The molecular weight excluding hydrogens is 422 g/mol. The highest BCUT2D eigenvalue weighted by molar-refractivity contribution is 5.80. The molecule has 4 rings (SSSR count). The Morgan fingerprint density at radius 2 is 1.67 bits per heavy atom. The van der Waals surface area contributed by atoms with Crippen molar-refractivity contribution in [3.05, 3.63) is 64.2 Å². The fourth-order valence-electron chi connectivity index (χ4n) is 3.35. The van der Waals surface area contributed by atoms with Gasteiger partial charge in [0.05, 0.1) is 11.1 Å². The minimum absolute atomic E-state index is 0.0178. The van der Waals surface area contributed by atoms with Crippen molar-refractivity contribution < 1.29 is 4.92 Å². The van der Waals surface area contributed by atoms with Crippen LogP contribution in [0.2, 0.25) is 0 Å². The number of nitrogens with one attached hydrogen (secondary N) is 2. The summed E-state index contributed by atoms with van der Waals surface area (Å²) < 4.78 is 0. The molecule has 1 aromatic heterocycles. The zero-order valence-electron chi connectivity index (χ0n) is 18.5. The molecule has 0 saturated carbocycles. The van der Waals surface area contributed by atoms with Gasteiger partial charge in [-0.2, -0.15) is 20.1 Å². The number of rotatable bonds is 8. The molecule has 11 heteroatoms. The first kappa shape index (κ1) is 21.9. The summed E-state index contributed by atoms with van der Waals surface area (Å²) in [6.07, 6.45) is 3.86. The smallest absolute Gasteiger partial charge is 0.269 e. The topological polar surface area (TPSA) is 125 Å². The second-order valence-corrected chi connectivity index (χ2v) is 7.76. The minimum Gasteiger partial charge on any atom is -0.378 e. The van der Waals surface area contributed by atoms with Crippen LogP contribution in [0.4, 0.5) is 34.9 Å². The third kappa shape index (κ3) is 5.70. The molecule has 3 aromatic rings. The summed E-state index contributed by atoms with van der Waals surface area (Å²) in [4.78, 5) is 28.0. The van der Waals surface area contributed by atoms with Crippen molar-refractivity contribution >= 4 is 41.1 Å². The molecule has 0 spiro atoms. The lowest BCUT2D eigenvalue weighted by Crippen LogP contribution is -2.21. The predicted octanol–water partition coefficient (Wildman–Crippen LogP) is 3.64. The molecule has 33 heavy (non-hydrogen) atoms.